The molecule has 1 N–H and O–H groups in total. The lowest BCUT2D eigenvalue weighted by Crippen LogP contribution is -2.68. The lowest BCUT2D eigenvalue weighted by Gasteiger charge is -2.66. The van der Waals surface area contributed by atoms with E-state index in [1.165, 1.54) is 12.2 Å². The Kier molecular flexibility index (Phi) is 5.44. The van der Waals surface area contributed by atoms with Crippen molar-refractivity contribution in [3.8, 4) is 0 Å². The van der Waals surface area contributed by atoms with E-state index in [2.05, 4.69) is 27.7 Å². The van der Waals surface area contributed by atoms with Crippen molar-refractivity contribution in [2.45, 2.75) is 85.4 Å². The van der Waals surface area contributed by atoms with Crippen LogP contribution in [0.25, 0.3) is 0 Å². The van der Waals surface area contributed by atoms with E-state index in [0.29, 0.717) is 30.8 Å². The van der Waals surface area contributed by atoms with Crippen molar-refractivity contribution >= 4 is 17.3 Å². The summed E-state index contributed by atoms with van der Waals surface area (Å²) in [4.78, 5) is 39.2. The fourth-order valence-electron chi connectivity index (χ4n) is 7.04. The molecule has 2 fully saturated rings. The molecule has 4 aliphatic rings. The molecule has 1 spiro atoms. The molecule has 0 aromatic rings. The van der Waals surface area contributed by atoms with E-state index >= 15 is 0 Å². The highest BCUT2D eigenvalue weighted by Crippen LogP contribution is 2.67. The Labute approximate surface area is 191 Å². The number of allylic oxidation sites excluding steroid dienone is 5. The summed E-state index contributed by atoms with van der Waals surface area (Å²) >= 11 is 0. The van der Waals surface area contributed by atoms with Crippen LogP contribution in [-0.2, 0) is 19.1 Å². The third kappa shape index (κ3) is 2.96. The molecular formula is C27H36O5. The minimum Gasteiger partial charge on any atom is -0.482 e. The first-order chi connectivity index (χ1) is 14.9. The Bertz CT molecular complexity index is 967. The van der Waals surface area contributed by atoms with Crippen LogP contribution in [0.3, 0.4) is 0 Å². The molecular weight excluding hydrogens is 404 g/mol. The zero-order valence-electron chi connectivity index (χ0n) is 20.2. The van der Waals surface area contributed by atoms with Crippen molar-refractivity contribution in [2.75, 3.05) is 0 Å². The molecule has 5 heteroatoms. The minimum atomic E-state index is -0.666. The highest BCUT2D eigenvalue weighted by molar-refractivity contribution is 6.24. The number of ether oxygens (including phenoxy) is 1. The predicted molar refractivity (Wildman–Crippen MR) is 122 cm³/mol. The number of aliphatic hydroxyl groups excluding tert-OH is 1. The van der Waals surface area contributed by atoms with Crippen LogP contribution in [0.4, 0.5) is 0 Å². The van der Waals surface area contributed by atoms with E-state index in [1.807, 2.05) is 0 Å². The van der Waals surface area contributed by atoms with Gasteiger partial charge in [0.15, 0.2) is 17.3 Å². The van der Waals surface area contributed by atoms with Gasteiger partial charge in [0.1, 0.15) is 5.60 Å². The Morgan fingerprint density at radius 3 is 2.56 bits per heavy atom. The summed E-state index contributed by atoms with van der Waals surface area (Å²) in [7, 11) is 0. The Hall–Kier alpha value is -2.01. The number of Topliss-reactive ketones (excluding diaryl/α,β-unsaturated/α-hetero) is 1. The van der Waals surface area contributed by atoms with Gasteiger partial charge in [0.05, 0.1) is 6.10 Å². The van der Waals surface area contributed by atoms with Gasteiger partial charge in [-0.3, -0.25) is 14.4 Å². The summed E-state index contributed by atoms with van der Waals surface area (Å²) in [6.07, 6.45) is 7.69. The third-order valence-electron chi connectivity index (χ3n) is 9.42. The summed E-state index contributed by atoms with van der Waals surface area (Å²) in [6, 6.07) is 0. The van der Waals surface area contributed by atoms with Crippen molar-refractivity contribution in [1.29, 1.82) is 0 Å². The van der Waals surface area contributed by atoms with Crippen LogP contribution in [0.2, 0.25) is 0 Å². The van der Waals surface area contributed by atoms with E-state index in [4.69, 9.17) is 4.74 Å². The summed E-state index contributed by atoms with van der Waals surface area (Å²) in [5.74, 6) is -0.820. The van der Waals surface area contributed by atoms with Gasteiger partial charge in [-0.1, -0.05) is 40.7 Å². The molecule has 0 unspecified atom stereocenters. The number of hydrogen-bond donors (Lipinski definition) is 1. The fourth-order valence-corrected chi connectivity index (χ4v) is 7.04. The maximum absolute atomic E-state index is 13.5. The van der Waals surface area contributed by atoms with Gasteiger partial charge in [0.2, 0.25) is 5.78 Å². The minimum absolute atomic E-state index is 0.0949. The predicted octanol–water partition coefficient (Wildman–Crippen LogP) is 4.49. The first kappa shape index (κ1) is 23.2. The Morgan fingerprint density at radius 2 is 1.91 bits per heavy atom. The van der Waals surface area contributed by atoms with Crippen molar-refractivity contribution in [3.63, 3.8) is 0 Å². The molecule has 3 aliphatic carbocycles. The number of hydrogen-bond acceptors (Lipinski definition) is 5. The van der Waals surface area contributed by atoms with Crippen LogP contribution in [0.1, 0.15) is 73.6 Å². The smallest absolute Gasteiger partial charge is 0.221 e. The monoisotopic (exact) mass is 440 g/mol. The lowest BCUT2D eigenvalue weighted by atomic mass is 9.43. The van der Waals surface area contributed by atoms with Gasteiger partial charge in [-0.2, -0.15) is 0 Å². The SMILES string of the molecule is C/C=C/C(=O)[C@@H](C)C1=CC(=O)C2=C(C[C@]3(C)[C@@H](C)CC[C@H]4C(C)(C)[C@@H](O)CC[C@@]43O2)C1=O. The highest BCUT2D eigenvalue weighted by Gasteiger charge is 2.68. The van der Waals surface area contributed by atoms with E-state index in [9.17, 15) is 19.5 Å². The number of carbonyl (C=O) groups is 3. The van der Waals surface area contributed by atoms with E-state index in [-0.39, 0.29) is 45.4 Å². The molecule has 0 aromatic carbocycles. The van der Waals surface area contributed by atoms with Gasteiger partial charge in [0, 0.05) is 28.4 Å². The third-order valence-corrected chi connectivity index (χ3v) is 9.42. The average Bonchev–Trinajstić information content (AvgIpc) is 2.73. The lowest BCUT2D eigenvalue weighted by molar-refractivity contribution is -0.255. The van der Waals surface area contributed by atoms with Crippen LogP contribution in [0, 0.1) is 28.6 Å². The van der Waals surface area contributed by atoms with E-state index in [0.717, 1.165) is 12.8 Å². The molecule has 2 saturated carbocycles. The van der Waals surface area contributed by atoms with Gasteiger partial charge < -0.3 is 9.84 Å². The molecule has 6 atom stereocenters. The fraction of sp³-hybridized carbons (Fsp3) is 0.667. The zero-order valence-corrected chi connectivity index (χ0v) is 20.2. The molecule has 0 saturated heterocycles. The molecule has 0 radical (unpaired) electrons. The summed E-state index contributed by atoms with van der Waals surface area (Å²) in [5.41, 5.74) is -0.564. The average molecular weight is 441 g/mol. The van der Waals surface area contributed by atoms with Crippen LogP contribution >= 0.6 is 0 Å². The molecule has 174 valence electrons. The van der Waals surface area contributed by atoms with Gasteiger partial charge >= 0.3 is 0 Å². The number of rotatable bonds is 3. The second kappa shape index (κ2) is 7.51. The first-order valence-electron chi connectivity index (χ1n) is 12.0. The molecule has 4 rings (SSSR count). The maximum Gasteiger partial charge on any atom is 0.221 e. The molecule has 1 aliphatic heterocycles. The summed E-state index contributed by atoms with van der Waals surface area (Å²) in [5, 5.41) is 10.8. The summed E-state index contributed by atoms with van der Waals surface area (Å²) in [6.45, 7) is 12.1. The second-order valence-corrected chi connectivity index (χ2v) is 11.2. The van der Waals surface area contributed by atoms with Gasteiger partial charge in [-0.15, -0.1) is 0 Å². The van der Waals surface area contributed by atoms with Gasteiger partial charge in [-0.25, -0.2) is 0 Å². The molecule has 0 aromatic heterocycles. The molecule has 1 heterocycles. The quantitative estimate of drug-likeness (QED) is 0.516. The normalized spacial score (nSPS) is 39.6. The van der Waals surface area contributed by atoms with Crippen LogP contribution in [0.15, 0.2) is 35.1 Å². The second-order valence-electron chi connectivity index (χ2n) is 11.2. The van der Waals surface area contributed by atoms with Crippen molar-refractivity contribution in [1.82, 2.24) is 0 Å². The van der Waals surface area contributed by atoms with Crippen molar-refractivity contribution in [3.05, 3.63) is 35.1 Å². The van der Waals surface area contributed by atoms with Crippen molar-refractivity contribution < 1.29 is 24.2 Å². The number of carbonyl (C=O) groups excluding carboxylic acids is 3. The molecule has 5 nitrogen and oxygen atoms in total. The largest absolute Gasteiger partial charge is 0.482 e. The van der Waals surface area contributed by atoms with E-state index in [1.54, 1.807) is 19.9 Å². The maximum atomic E-state index is 13.5. The molecule has 0 bridgehead atoms. The van der Waals surface area contributed by atoms with E-state index < -0.39 is 17.6 Å². The van der Waals surface area contributed by atoms with Crippen LogP contribution < -0.4 is 0 Å². The Balaban J connectivity index is 1.79. The highest BCUT2D eigenvalue weighted by atomic mass is 16.5. The van der Waals surface area contributed by atoms with Crippen LogP contribution in [0.5, 0.6) is 0 Å². The van der Waals surface area contributed by atoms with Gasteiger partial charge in [0.25, 0.3) is 0 Å². The van der Waals surface area contributed by atoms with Crippen LogP contribution in [-0.4, -0.2) is 34.2 Å². The number of aliphatic hydroxyl groups is 1. The zero-order chi connectivity index (χ0) is 23.6. The summed E-state index contributed by atoms with van der Waals surface area (Å²) < 4.78 is 6.72. The topological polar surface area (TPSA) is 80.7 Å². The molecule has 0 amide bonds. The number of ketones is 3. The molecule has 32 heavy (non-hydrogen) atoms. The van der Waals surface area contributed by atoms with Crippen molar-refractivity contribution in [2.24, 2.45) is 28.6 Å². The standard InChI is InChI=1S/C27H36O5/c1-7-8-19(28)16(3)17-13-20(29)24-18(23(17)31)14-26(6)15(2)9-10-21-25(4,5)22(30)11-12-27(21,26)32-24/h7-8,13,15-16,21-22,30H,9-12,14H2,1-6H3/b8-7+/t15-,16-,21-,22-,26+,27+/m0/s1. The van der Waals surface area contributed by atoms with Gasteiger partial charge in [-0.05, 0) is 62.5 Å². The first-order valence-corrected chi connectivity index (χ1v) is 12.0. The Morgan fingerprint density at radius 1 is 1.22 bits per heavy atom.